The predicted molar refractivity (Wildman–Crippen MR) is 61.3 cm³/mol. The summed E-state index contributed by atoms with van der Waals surface area (Å²) < 4.78 is 2.18. The normalized spacial score (nSPS) is 9.27. The van der Waals surface area contributed by atoms with Crippen molar-refractivity contribution in [2.24, 2.45) is 0 Å². The first kappa shape index (κ1) is 9.26. The Labute approximate surface area is 93.1 Å². The Kier molecular flexibility index (Phi) is 3.13. The van der Waals surface area contributed by atoms with Crippen LogP contribution in [0.1, 0.15) is 11.1 Å². The zero-order valence-electron chi connectivity index (χ0n) is 5.86. The molecule has 0 unspecified atom stereocenters. The second kappa shape index (κ2) is 3.72. The van der Waals surface area contributed by atoms with Crippen LogP contribution in [0.25, 0.3) is 0 Å². The monoisotopic (exact) mass is 369 g/mol. The summed E-state index contributed by atoms with van der Waals surface area (Å²) in [6.07, 6.45) is 0. The maximum absolute atomic E-state index is 8.71. The van der Waals surface area contributed by atoms with Crippen LogP contribution in [0, 0.1) is 25.4 Å². The summed E-state index contributed by atoms with van der Waals surface area (Å²) >= 11 is 4.41. The van der Waals surface area contributed by atoms with Gasteiger partial charge in [0.25, 0.3) is 0 Å². The molecule has 0 saturated heterocycles. The number of benzene rings is 1. The van der Waals surface area contributed by atoms with Gasteiger partial charge in [-0.15, -0.1) is 0 Å². The van der Waals surface area contributed by atoms with E-state index in [1.54, 1.807) is 0 Å². The lowest BCUT2D eigenvalue weighted by molar-refractivity contribution is 1.36. The number of hydrogen-bond donors (Lipinski definition) is 0. The molecule has 1 rings (SSSR count). The number of halogens is 2. The minimum Gasteiger partial charge on any atom is -0.192 e. The van der Waals surface area contributed by atoms with Crippen molar-refractivity contribution in [2.45, 2.75) is 6.92 Å². The van der Waals surface area contributed by atoms with Crippen molar-refractivity contribution in [3.8, 4) is 6.07 Å². The largest absolute Gasteiger partial charge is 0.192 e. The van der Waals surface area contributed by atoms with Gasteiger partial charge in [0.1, 0.15) is 6.07 Å². The third-order valence-electron chi connectivity index (χ3n) is 1.34. The summed E-state index contributed by atoms with van der Waals surface area (Å²) in [6, 6.07) is 6.14. The van der Waals surface area contributed by atoms with Crippen LogP contribution in [0.5, 0.6) is 0 Å². The highest BCUT2D eigenvalue weighted by molar-refractivity contribution is 14.1. The molecule has 1 aromatic rings. The van der Waals surface area contributed by atoms with Crippen molar-refractivity contribution in [3.63, 3.8) is 0 Å². The molecular weight excluding hydrogens is 364 g/mol. The first-order chi connectivity index (χ1) is 5.15. The smallest absolute Gasteiger partial charge is 0.100 e. The third kappa shape index (κ3) is 2.06. The van der Waals surface area contributed by atoms with Gasteiger partial charge in [0.05, 0.1) is 5.56 Å². The average Bonchev–Trinajstić information content (AvgIpc) is 1.96. The van der Waals surface area contributed by atoms with Crippen LogP contribution < -0.4 is 0 Å². The summed E-state index contributed by atoms with van der Waals surface area (Å²) in [5.41, 5.74) is 1.95. The van der Waals surface area contributed by atoms with Gasteiger partial charge >= 0.3 is 0 Å². The van der Waals surface area contributed by atoms with Gasteiger partial charge in [-0.2, -0.15) is 5.26 Å². The molecule has 0 atom stereocenters. The highest BCUT2D eigenvalue weighted by Gasteiger charge is 2.02. The highest BCUT2D eigenvalue weighted by atomic mass is 127. The number of nitriles is 1. The van der Waals surface area contributed by atoms with Crippen molar-refractivity contribution in [2.75, 3.05) is 0 Å². The molecule has 0 aliphatic heterocycles. The fourth-order valence-electron chi connectivity index (χ4n) is 0.807. The highest BCUT2D eigenvalue weighted by Crippen LogP contribution is 2.19. The lowest BCUT2D eigenvalue weighted by Crippen LogP contribution is -1.87. The molecule has 0 amide bonds. The molecule has 0 aromatic heterocycles. The summed E-state index contributed by atoms with van der Waals surface area (Å²) in [6.45, 7) is 2.02. The second-order valence-corrected chi connectivity index (χ2v) is 4.52. The third-order valence-corrected chi connectivity index (χ3v) is 3.39. The molecule has 11 heavy (non-hydrogen) atoms. The van der Waals surface area contributed by atoms with Crippen molar-refractivity contribution in [1.82, 2.24) is 0 Å². The lowest BCUT2D eigenvalue weighted by atomic mass is 10.2. The molecule has 0 bridgehead atoms. The first-order valence-corrected chi connectivity index (χ1v) is 5.16. The Morgan fingerprint density at radius 1 is 1.36 bits per heavy atom. The van der Waals surface area contributed by atoms with Gasteiger partial charge in [-0.25, -0.2) is 0 Å². The summed E-state index contributed by atoms with van der Waals surface area (Å²) in [5.74, 6) is 0. The van der Waals surface area contributed by atoms with Crippen LogP contribution >= 0.6 is 45.2 Å². The quantitative estimate of drug-likeness (QED) is 0.645. The Morgan fingerprint density at radius 2 is 2.00 bits per heavy atom. The fraction of sp³-hybridized carbons (Fsp3) is 0.125. The molecule has 0 heterocycles. The molecule has 0 saturated carbocycles. The van der Waals surface area contributed by atoms with Crippen LogP contribution in [-0.4, -0.2) is 0 Å². The minimum atomic E-state index is 0.773. The zero-order chi connectivity index (χ0) is 8.43. The topological polar surface area (TPSA) is 23.8 Å². The van der Waals surface area contributed by atoms with Crippen LogP contribution in [-0.2, 0) is 0 Å². The van der Waals surface area contributed by atoms with Gasteiger partial charge in [0.2, 0.25) is 0 Å². The first-order valence-electron chi connectivity index (χ1n) is 3.01. The van der Waals surface area contributed by atoms with Crippen molar-refractivity contribution >= 4 is 45.2 Å². The van der Waals surface area contributed by atoms with Crippen molar-refractivity contribution in [3.05, 3.63) is 30.4 Å². The second-order valence-electron chi connectivity index (χ2n) is 2.20. The van der Waals surface area contributed by atoms with Crippen molar-refractivity contribution < 1.29 is 0 Å². The SMILES string of the molecule is Cc1cc(I)cc(C#N)c1I. The van der Waals surface area contributed by atoms with E-state index in [2.05, 4.69) is 57.3 Å². The van der Waals surface area contributed by atoms with Gasteiger partial charge in [0, 0.05) is 7.14 Å². The average molecular weight is 369 g/mol. The van der Waals surface area contributed by atoms with Crippen LogP contribution in [0.4, 0.5) is 0 Å². The molecule has 56 valence electrons. The maximum atomic E-state index is 8.71. The zero-order valence-corrected chi connectivity index (χ0v) is 10.2. The molecule has 0 aliphatic carbocycles. The molecule has 1 nitrogen and oxygen atoms in total. The van der Waals surface area contributed by atoms with Gasteiger partial charge < -0.3 is 0 Å². The maximum Gasteiger partial charge on any atom is 0.100 e. The molecule has 0 aliphatic rings. The molecule has 0 fully saturated rings. The van der Waals surface area contributed by atoms with Gasteiger partial charge in [-0.05, 0) is 69.8 Å². The van der Waals surface area contributed by atoms with Gasteiger partial charge in [-0.1, -0.05) is 0 Å². The van der Waals surface area contributed by atoms with Crippen molar-refractivity contribution in [1.29, 1.82) is 5.26 Å². The number of rotatable bonds is 0. The summed E-state index contributed by atoms with van der Waals surface area (Å²) in [7, 11) is 0. The van der Waals surface area contributed by atoms with E-state index in [4.69, 9.17) is 5.26 Å². The van der Waals surface area contributed by atoms with E-state index in [1.807, 2.05) is 13.0 Å². The van der Waals surface area contributed by atoms with E-state index >= 15 is 0 Å². The molecule has 0 N–H and O–H groups in total. The minimum absolute atomic E-state index is 0.773. The molecule has 0 spiro atoms. The van der Waals surface area contributed by atoms with E-state index in [0.717, 1.165) is 12.7 Å². The Bertz CT molecular complexity index is 326. The van der Waals surface area contributed by atoms with Gasteiger partial charge in [0.15, 0.2) is 0 Å². The lowest BCUT2D eigenvalue weighted by Gasteiger charge is -2.00. The van der Waals surface area contributed by atoms with Crippen LogP contribution in [0.3, 0.4) is 0 Å². The summed E-state index contributed by atoms with van der Waals surface area (Å²) in [4.78, 5) is 0. The number of nitrogens with zero attached hydrogens (tertiary/aromatic N) is 1. The van der Waals surface area contributed by atoms with E-state index in [9.17, 15) is 0 Å². The van der Waals surface area contributed by atoms with Crippen LogP contribution in [0.2, 0.25) is 0 Å². The van der Waals surface area contributed by atoms with E-state index in [-0.39, 0.29) is 0 Å². The van der Waals surface area contributed by atoms with E-state index in [0.29, 0.717) is 0 Å². The standard InChI is InChI=1S/C8H5I2N/c1-5-2-7(9)3-6(4-11)8(5)10/h2-3H,1H3. The Morgan fingerprint density at radius 3 is 2.55 bits per heavy atom. The number of aryl methyl sites for hydroxylation is 1. The Balaban J connectivity index is 3.39. The molecule has 1 aromatic carbocycles. The van der Waals surface area contributed by atoms with Gasteiger partial charge in [-0.3, -0.25) is 0 Å². The molecule has 3 heteroatoms. The fourth-order valence-corrected chi connectivity index (χ4v) is 2.02. The van der Waals surface area contributed by atoms with E-state index < -0.39 is 0 Å². The summed E-state index contributed by atoms with van der Waals surface area (Å²) in [5, 5.41) is 8.71. The van der Waals surface area contributed by atoms with Crippen LogP contribution in [0.15, 0.2) is 12.1 Å². The Hall–Kier alpha value is 0.170. The number of hydrogen-bond acceptors (Lipinski definition) is 1. The predicted octanol–water partition coefficient (Wildman–Crippen LogP) is 3.08. The van der Waals surface area contributed by atoms with E-state index in [1.165, 1.54) is 5.56 Å². The molecular formula is C8H5I2N. The molecule has 0 radical (unpaired) electrons.